The van der Waals surface area contributed by atoms with Gasteiger partial charge in [0, 0.05) is 8.80 Å². The van der Waals surface area contributed by atoms with Crippen LogP contribution in [0.5, 0.6) is 0 Å². The molecule has 2 nitrogen and oxygen atoms in total. The average Bonchev–Trinajstić information content (AvgIpc) is 2.86. The van der Waals surface area contributed by atoms with Gasteiger partial charge in [-0.2, -0.15) is 26.3 Å². The van der Waals surface area contributed by atoms with Crippen LogP contribution in [-0.2, 0) is 34.7 Å². The fraction of sp³-hybridized carbons (Fsp3) is 0.586. The summed E-state index contributed by atoms with van der Waals surface area (Å²) in [5.74, 6) is 0. The third-order valence-electron chi connectivity index (χ3n) is 7.27. The zero-order valence-corrected chi connectivity index (χ0v) is 26.1. The molecule has 10 heteroatoms. The fourth-order valence-electron chi connectivity index (χ4n) is 4.70. The second kappa shape index (κ2) is 16.0. The van der Waals surface area contributed by atoms with Gasteiger partial charge in [0.1, 0.15) is 0 Å². The van der Waals surface area contributed by atoms with Gasteiger partial charge in [-0.05, 0) is 53.2 Å². The molecule has 0 unspecified atom stereocenters. The average molecular weight is 594 g/mol. The lowest BCUT2D eigenvalue weighted by atomic mass is 10.1. The molecule has 1 radical (unpaired) electrons. The molecule has 0 aromatic heterocycles. The molecule has 0 saturated carbocycles. The van der Waals surface area contributed by atoms with Crippen LogP contribution in [0.15, 0.2) is 48.5 Å². The Hall–Kier alpha value is -1.63. The van der Waals surface area contributed by atoms with E-state index in [0.29, 0.717) is 23.1 Å². The number of aryl methyl sites for hydroxylation is 2. The van der Waals surface area contributed by atoms with Crippen LogP contribution < -0.4 is 0 Å². The molecule has 0 fully saturated rings. The van der Waals surface area contributed by atoms with Gasteiger partial charge in [-0.3, -0.25) is 9.46 Å². The third-order valence-corrected chi connectivity index (χ3v) is 15.6. The van der Waals surface area contributed by atoms with Crippen LogP contribution in [0.2, 0.25) is 35.3 Å². The van der Waals surface area contributed by atoms with E-state index < -0.39 is 31.8 Å². The molecule has 2 aromatic rings. The zero-order chi connectivity index (χ0) is 29.9. The molecular weight excluding hydrogens is 550 g/mol. The van der Waals surface area contributed by atoms with Crippen molar-refractivity contribution in [3.05, 3.63) is 70.8 Å². The minimum atomic E-state index is -4.30. The van der Waals surface area contributed by atoms with Crippen molar-refractivity contribution in [3.63, 3.8) is 0 Å². The number of rotatable bonds is 12. The van der Waals surface area contributed by atoms with Crippen molar-refractivity contribution in [1.82, 2.24) is 0 Å². The number of benzene rings is 2. The molecule has 2 rings (SSSR count). The van der Waals surface area contributed by atoms with Crippen molar-refractivity contribution in [1.29, 1.82) is 0 Å². The Labute approximate surface area is 232 Å². The first-order valence-electron chi connectivity index (χ1n) is 13.5. The number of hydrogen-bond acceptors (Lipinski definition) is 2. The summed E-state index contributed by atoms with van der Waals surface area (Å²) < 4.78 is 81.6. The number of hydrogen-bond donors (Lipinski definition) is 0. The van der Waals surface area contributed by atoms with Gasteiger partial charge < -0.3 is 0 Å². The van der Waals surface area contributed by atoms with Crippen molar-refractivity contribution in [2.24, 2.45) is 0 Å². The standard InChI is InChI=1S/C16H25F3O2Si.C13H18F3Si/c1-12(2)22(13(3)4,21-20-5)10-9-14-7-6-8-15(11-14)16(17,18)19;1-3-17(4-2)9-8-11-6-5-7-12(10-11)13(14,15)16/h6-8,11-13H,9-10H2,1-5H3;5-7,10H,3-4,8-9H2,1-2H3. The van der Waals surface area contributed by atoms with Crippen molar-refractivity contribution in [3.8, 4) is 0 Å². The first kappa shape index (κ1) is 35.4. The van der Waals surface area contributed by atoms with Gasteiger partial charge in [0.2, 0.25) is 8.32 Å². The van der Waals surface area contributed by atoms with Crippen LogP contribution in [-0.4, -0.2) is 24.2 Å². The summed E-state index contributed by atoms with van der Waals surface area (Å²) in [5, 5.41) is 0. The minimum absolute atomic E-state index is 0.318. The van der Waals surface area contributed by atoms with Gasteiger partial charge in [0.05, 0.1) is 18.2 Å². The Morgan fingerprint density at radius 3 is 1.54 bits per heavy atom. The largest absolute Gasteiger partial charge is 0.416 e. The van der Waals surface area contributed by atoms with Gasteiger partial charge in [-0.15, -0.1) is 0 Å². The lowest BCUT2D eigenvalue weighted by Gasteiger charge is -2.36. The minimum Gasteiger partial charge on any atom is -0.286 e. The molecule has 0 atom stereocenters. The summed E-state index contributed by atoms with van der Waals surface area (Å²) in [5.41, 5.74) is 1.00. The third kappa shape index (κ3) is 11.4. The van der Waals surface area contributed by atoms with E-state index in [-0.39, 0.29) is 8.80 Å². The smallest absolute Gasteiger partial charge is 0.286 e. The lowest BCUT2D eigenvalue weighted by molar-refractivity contribution is -0.194. The zero-order valence-electron chi connectivity index (χ0n) is 24.1. The van der Waals surface area contributed by atoms with E-state index in [2.05, 4.69) is 41.5 Å². The van der Waals surface area contributed by atoms with E-state index >= 15 is 0 Å². The summed E-state index contributed by atoms with van der Waals surface area (Å²) in [7, 11) is -1.05. The highest BCUT2D eigenvalue weighted by molar-refractivity contribution is 6.76. The normalized spacial score (nSPS) is 12.7. The molecule has 0 heterocycles. The highest BCUT2D eigenvalue weighted by atomic mass is 28.4. The van der Waals surface area contributed by atoms with Gasteiger partial charge in [-0.25, -0.2) is 0 Å². The maximum absolute atomic E-state index is 12.8. The van der Waals surface area contributed by atoms with Gasteiger partial charge >= 0.3 is 12.4 Å². The van der Waals surface area contributed by atoms with Crippen LogP contribution in [0.25, 0.3) is 0 Å². The van der Waals surface area contributed by atoms with E-state index in [0.717, 1.165) is 36.2 Å². The lowest BCUT2D eigenvalue weighted by Crippen LogP contribution is -2.44. The summed E-state index contributed by atoms with van der Waals surface area (Å²) in [6.07, 6.45) is -7.18. The molecule has 0 aliphatic heterocycles. The Morgan fingerprint density at radius 1 is 0.744 bits per heavy atom. The van der Waals surface area contributed by atoms with Crippen molar-refractivity contribution >= 4 is 17.1 Å². The summed E-state index contributed by atoms with van der Waals surface area (Å²) in [6, 6.07) is 15.4. The van der Waals surface area contributed by atoms with E-state index in [9.17, 15) is 26.3 Å². The highest BCUT2D eigenvalue weighted by Crippen LogP contribution is 2.38. The van der Waals surface area contributed by atoms with E-state index in [1.807, 2.05) is 0 Å². The highest BCUT2D eigenvalue weighted by Gasteiger charge is 2.43. The van der Waals surface area contributed by atoms with E-state index in [1.54, 1.807) is 12.1 Å². The second-order valence-electron chi connectivity index (χ2n) is 10.4. The van der Waals surface area contributed by atoms with Crippen LogP contribution in [0.1, 0.15) is 63.8 Å². The molecule has 0 aliphatic carbocycles. The summed E-state index contributed by atoms with van der Waals surface area (Å²) in [6.45, 7) is 12.7. The van der Waals surface area contributed by atoms with Crippen molar-refractivity contribution in [2.45, 2.75) is 102 Å². The van der Waals surface area contributed by atoms with Crippen LogP contribution in [0.3, 0.4) is 0 Å². The molecule has 0 bridgehead atoms. The summed E-state index contributed by atoms with van der Waals surface area (Å²) in [4.78, 5) is 4.98. The van der Waals surface area contributed by atoms with Gasteiger partial charge in [0.25, 0.3) is 0 Å². The molecular formula is C29H43F6O2Si2. The first-order valence-corrected chi connectivity index (χ1v) is 17.9. The van der Waals surface area contributed by atoms with Gasteiger partial charge in [0.15, 0.2) is 0 Å². The maximum Gasteiger partial charge on any atom is 0.416 e. The van der Waals surface area contributed by atoms with E-state index in [4.69, 9.17) is 9.46 Å². The molecule has 0 amide bonds. The number of halogens is 6. The summed E-state index contributed by atoms with van der Waals surface area (Å²) >= 11 is 0. The molecule has 0 aliphatic rings. The Balaban J connectivity index is 0.000000403. The fourth-order valence-corrected chi connectivity index (χ4v) is 10.5. The Kier molecular flexibility index (Phi) is 14.5. The first-order chi connectivity index (χ1) is 18.1. The van der Waals surface area contributed by atoms with Crippen LogP contribution in [0, 0.1) is 0 Å². The second-order valence-corrected chi connectivity index (χ2v) is 18.7. The molecule has 221 valence electrons. The number of alkyl halides is 6. The quantitative estimate of drug-likeness (QED) is 0.105. The van der Waals surface area contributed by atoms with Crippen LogP contribution in [0.4, 0.5) is 26.3 Å². The van der Waals surface area contributed by atoms with Crippen LogP contribution >= 0.6 is 0 Å². The Morgan fingerprint density at radius 2 is 1.18 bits per heavy atom. The molecule has 0 saturated heterocycles. The molecule has 39 heavy (non-hydrogen) atoms. The Bertz CT molecular complexity index is 965. The predicted molar refractivity (Wildman–Crippen MR) is 151 cm³/mol. The van der Waals surface area contributed by atoms with Crippen molar-refractivity contribution < 1.29 is 35.8 Å². The monoisotopic (exact) mass is 593 g/mol. The van der Waals surface area contributed by atoms with E-state index in [1.165, 1.54) is 43.5 Å². The van der Waals surface area contributed by atoms with Gasteiger partial charge in [-0.1, -0.05) is 96.1 Å². The molecule has 2 aromatic carbocycles. The topological polar surface area (TPSA) is 18.5 Å². The SMILES string of the molecule is CC[Si](CC)CCc1cccc(C(F)(F)F)c1.COO[Si](CCc1cccc(C(F)(F)F)c1)(C(C)C)C(C)C. The maximum atomic E-state index is 12.8. The predicted octanol–water partition coefficient (Wildman–Crippen LogP) is 10.4. The molecule has 0 N–H and O–H groups in total. The van der Waals surface area contributed by atoms with Crippen molar-refractivity contribution in [2.75, 3.05) is 7.11 Å². The molecule has 0 spiro atoms.